The van der Waals surface area contributed by atoms with Gasteiger partial charge in [0.05, 0.1) is 29.4 Å². The zero-order valence-corrected chi connectivity index (χ0v) is 15.6. The van der Waals surface area contributed by atoms with Crippen LogP contribution in [0.1, 0.15) is 0 Å². The summed E-state index contributed by atoms with van der Waals surface area (Å²) in [5, 5.41) is 10.7. The van der Waals surface area contributed by atoms with Crippen LogP contribution in [0.5, 0.6) is 11.5 Å². The van der Waals surface area contributed by atoms with E-state index in [1.165, 1.54) is 0 Å². The number of imidazole rings is 1. The molecule has 142 valence electrons. The number of ether oxygens (including phenoxy) is 1. The number of methoxy groups -OCH3 is 1. The van der Waals surface area contributed by atoms with Crippen LogP contribution in [0, 0.1) is 0 Å². The van der Waals surface area contributed by atoms with Gasteiger partial charge >= 0.3 is 0 Å². The minimum absolute atomic E-state index is 0.133. The van der Waals surface area contributed by atoms with Crippen molar-refractivity contribution in [3.63, 3.8) is 0 Å². The van der Waals surface area contributed by atoms with E-state index in [4.69, 9.17) is 14.1 Å². The van der Waals surface area contributed by atoms with Crippen LogP contribution >= 0.6 is 0 Å². The van der Waals surface area contributed by atoms with Crippen molar-refractivity contribution in [3.05, 3.63) is 78.4 Å². The van der Waals surface area contributed by atoms with Gasteiger partial charge in [0.25, 0.3) is 0 Å². The van der Waals surface area contributed by atoms with Crippen molar-refractivity contribution < 1.29 is 14.3 Å². The van der Waals surface area contributed by atoms with E-state index < -0.39 is 0 Å². The first kappa shape index (κ1) is 17.1. The van der Waals surface area contributed by atoms with Crippen LogP contribution in [-0.2, 0) is 0 Å². The molecule has 0 unspecified atom stereocenters. The van der Waals surface area contributed by atoms with Crippen LogP contribution in [-0.4, -0.2) is 22.2 Å². The number of hydrogen-bond donors (Lipinski definition) is 2. The number of hydrogen-bond acceptors (Lipinski definition) is 5. The highest BCUT2D eigenvalue weighted by Gasteiger charge is 2.12. The highest BCUT2D eigenvalue weighted by molar-refractivity contribution is 5.84. The zero-order valence-electron chi connectivity index (χ0n) is 15.6. The molecule has 0 aliphatic rings. The number of nitrogens with zero attached hydrogens (tertiary/aromatic N) is 2. The molecular formula is C23H17N3O3. The first-order chi connectivity index (χ1) is 14.2. The Balaban J connectivity index is 1.77. The summed E-state index contributed by atoms with van der Waals surface area (Å²) >= 11 is 0. The number of rotatable bonds is 3. The van der Waals surface area contributed by atoms with E-state index in [0.29, 0.717) is 22.6 Å². The molecule has 3 aromatic carbocycles. The SMILES string of the molecule is COc1ccc(N=c2oc3cc(O)ccc3cc2-c2nc3ccccc3[nH]2)cc1. The van der Waals surface area contributed by atoms with Crippen molar-refractivity contribution in [2.45, 2.75) is 0 Å². The summed E-state index contributed by atoms with van der Waals surface area (Å²) in [5.74, 6) is 1.55. The molecule has 0 radical (unpaired) electrons. The quantitative estimate of drug-likeness (QED) is 0.463. The maximum Gasteiger partial charge on any atom is 0.230 e. The number of benzene rings is 3. The zero-order chi connectivity index (χ0) is 19.8. The number of H-pyrrole nitrogens is 1. The molecular weight excluding hydrogens is 366 g/mol. The van der Waals surface area contributed by atoms with E-state index in [0.717, 1.165) is 27.7 Å². The van der Waals surface area contributed by atoms with Gasteiger partial charge in [0, 0.05) is 11.5 Å². The van der Waals surface area contributed by atoms with Gasteiger partial charge in [0.15, 0.2) is 0 Å². The third kappa shape index (κ3) is 3.21. The highest BCUT2D eigenvalue weighted by atomic mass is 16.5. The fourth-order valence-electron chi connectivity index (χ4n) is 3.21. The Morgan fingerprint density at radius 2 is 1.83 bits per heavy atom. The molecule has 2 N–H and O–H groups in total. The monoisotopic (exact) mass is 383 g/mol. The van der Waals surface area contributed by atoms with Crippen molar-refractivity contribution >= 4 is 27.7 Å². The summed E-state index contributed by atoms with van der Waals surface area (Å²) in [7, 11) is 1.62. The number of nitrogens with one attached hydrogen (secondary N) is 1. The minimum Gasteiger partial charge on any atom is -0.508 e. The molecule has 0 fully saturated rings. The lowest BCUT2D eigenvalue weighted by atomic mass is 10.1. The van der Waals surface area contributed by atoms with Gasteiger partial charge < -0.3 is 19.2 Å². The Morgan fingerprint density at radius 3 is 2.62 bits per heavy atom. The van der Waals surface area contributed by atoms with E-state index in [1.54, 1.807) is 25.3 Å². The summed E-state index contributed by atoms with van der Waals surface area (Å²) in [6, 6.07) is 22.2. The Labute approximate surface area is 165 Å². The van der Waals surface area contributed by atoms with Gasteiger partial charge in [-0.3, -0.25) is 0 Å². The van der Waals surface area contributed by atoms with Crippen molar-refractivity contribution in [2.24, 2.45) is 4.99 Å². The maximum atomic E-state index is 9.83. The number of phenolic OH excluding ortho intramolecular Hbond substituents is 1. The van der Waals surface area contributed by atoms with Crippen molar-refractivity contribution in [1.82, 2.24) is 9.97 Å². The Bertz CT molecular complexity index is 1370. The van der Waals surface area contributed by atoms with Crippen LogP contribution in [0.3, 0.4) is 0 Å². The number of aromatic amines is 1. The van der Waals surface area contributed by atoms with Gasteiger partial charge in [-0.2, -0.15) is 0 Å². The van der Waals surface area contributed by atoms with Crippen LogP contribution < -0.4 is 10.3 Å². The summed E-state index contributed by atoms with van der Waals surface area (Å²) in [4.78, 5) is 12.7. The standard InChI is InChI=1S/C23H17N3O3/c1-28-17-10-7-15(8-11-17)24-23-18(12-14-6-9-16(27)13-21(14)29-23)22-25-19-4-2-3-5-20(19)26-22/h2-13,27H,1H3,(H,25,26). The smallest absolute Gasteiger partial charge is 0.230 e. The number of aromatic nitrogens is 2. The molecule has 29 heavy (non-hydrogen) atoms. The average Bonchev–Trinajstić information content (AvgIpc) is 3.18. The van der Waals surface area contributed by atoms with Gasteiger partial charge in [-0.05, 0) is 54.6 Å². The number of fused-ring (bicyclic) bond motifs is 2. The molecule has 0 saturated carbocycles. The number of para-hydroxylation sites is 2. The molecule has 0 spiro atoms. The van der Waals surface area contributed by atoms with Gasteiger partial charge in [0.1, 0.15) is 22.9 Å². The average molecular weight is 383 g/mol. The lowest BCUT2D eigenvalue weighted by Gasteiger charge is -2.04. The molecule has 2 aromatic heterocycles. The molecule has 0 amide bonds. The maximum absolute atomic E-state index is 9.83. The molecule has 6 heteroatoms. The van der Waals surface area contributed by atoms with Crippen LogP contribution in [0.4, 0.5) is 5.69 Å². The second-order valence-electron chi connectivity index (χ2n) is 6.60. The fourth-order valence-corrected chi connectivity index (χ4v) is 3.21. The van der Waals surface area contributed by atoms with Crippen LogP contribution in [0.15, 0.2) is 82.2 Å². The van der Waals surface area contributed by atoms with Gasteiger partial charge in [-0.25, -0.2) is 9.98 Å². The second kappa shape index (κ2) is 6.83. The Kier molecular flexibility index (Phi) is 4.02. The van der Waals surface area contributed by atoms with E-state index in [1.807, 2.05) is 54.6 Å². The molecule has 2 heterocycles. The summed E-state index contributed by atoms with van der Waals surface area (Å²) < 4.78 is 11.3. The summed E-state index contributed by atoms with van der Waals surface area (Å²) in [6.45, 7) is 0. The van der Waals surface area contributed by atoms with Crippen LogP contribution in [0.25, 0.3) is 33.4 Å². The summed E-state index contributed by atoms with van der Waals surface area (Å²) in [5.41, 5.74) is 4.18. The molecule has 5 aromatic rings. The van der Waals surface area contributed by atoms with E-state index >= 15 is 0 Å². The lowest BCUT2D eigenvalue weighted by molar-refractivity contribution is 0.415. The molecule has 6 nitrogen and oxygen atoms in total. The second-order valence-corrected chi connectivity index (χ2v) is 6.60. The van der Waals surface area contributed by atoms with Gasteiger partial charge in [-0.1, -0.05) is 12.1 Å². The normalized spacial score (nSPS) is 12.0. The largest absolute Gasteiger partial charge is 0.508 e. The van der Waals surface area contributed by atoms with E-state index in [9.17, 15) is 5.11 Å². The minimum atomic E-state index is 0.133. The van der Waals surface area contributed by atoms with Crippen molar-refractivity contribution in [2.75, 3.05) is 7.11 Å². The predicted molar refractivity (Wildman–Crippen MR) is 111 cm³/mol. The molecule has 0 aliphatic heterocycles. The van der Waals surface area contributed by atoms with Crippen molar-refractivity contribution in [3.8, 4) is 22.9 Å². The van der Waals surface area contributed by atoms with Crippen LogP contribution in [0.2, 0.25) is 0 Å². The predicted octanol–water partition coefficient (Wildman–Crippen LogP) is 4.92. The van der Waals surface area contributed by atoms with E-state index in [-0.39, 0.29) is 5.75 Å². The first-order valence-electron chi connectivity index (χ1n) is 9.10. The third-order valence-electron chi connectivity index (χ3n) is 4.68. The van der Waals surface area contributed by atoms with E-state index in [2.05, 4.69) is 9.98 Å². The van der Waals surface area contributed by atoms with Crippen molar-refractivity contribution in [1.29, 1.82) is 0 Å². The molecule has 5 rings (SSSR count). The third-order valence-corrected chi connectivity index (χ3v) is 4.68. The fraction of sp³-hybridized carbons (Fsp3) is 0.0435. The topological polar surface area (TPSA) is 83.6 Å². The molecule has 0 bridgehead atoms. The number of phenols is 1. The molecule has 0 atom stereocenters. The van der Waals surface area contributed by atoms with Gasteiger partial charge in [0.2, 0.25) is 5.55 Å². The Morgan fingerprint density at radius 1 is 1.00 bits per heavy atom. The summed E-state index contributed by atoms with van der Waals surface area (Å²) in [6.07, 6.45) is 0. The molecule has 0 saturated heterocycles. The Hall–Kier alpha value is -4.06. The lowest BCUT2D eigenvalue weighted by Crippen LogP contribution is -2.06. The first-order valence-corrected chi connectivity index (χ1v) is 9.10. The number of aromatic hydroxyl groups is 1. The van der Waals surface area contributed by atoms with Gasteiger partial charge in [-0.15, -0.1) is 0 Å². The highest BCUT2D eigenvalue weighted by Crippen LogP contribution is 2.25. The molecule has 0 aliphatic carbocycles.